The number of ether oxygens (including phenoxy) is 1. The van der Waals surface area contributed by atoms with E-state index in [0.717, 1.165) is 31.7 Å². The number of amides is 1. The van der Waals surface area contributed by atoms with E-state index in [-0.39, 0.29) is 12.5 Å². The van der Waals surface area contributed by atoms with Crippen LogP contribution < -0.4 is 4.74 Å². The van der Waals surface area contributed by atoms with Crippen molar-refractivity contribution in [2.24, 2.45) is 0 Å². The van der Waals surface area contributed by atoms with Crippen LogP contribution in [-0.2, 0) is 4.79 Å². The fourth-order valence-corrected chi connectivity index (χ4v) is 2.69. The number of carbonyl (C=O) groups excluding carboxylic acids is 1. The van der Waals surface area contributed by atoms with Gasteiger partial charge in [-0.3, -0.25) is 4.79 Å². The summed E-state index contributed by atoms with van der Waals surface area (Å²) in [6, 6.07) is 6.05. The number of aryl methyl sites for hydroxylation is 1. The van der Waals surface area contributed by atoms with Gasteiger partial charge in [-0.1, -0.05) is 32.1 Å². The minimum atomic E-state index is 0.0630. The Balaban J connectivity index is 1.89. The van der Waals surface area contributed by atoms with E-state index in [2.05, 4.69) is 33.4 Å². The SMILES string of the molecule is C=C1CCN(C(=O)COc2ccc(C(C)C)c(C)c2)CC1. The Bertz CT molecular complexity index is 524. The van der Waals surface area contributed by atoms with Crippen LogP contribution in [0.2, 0.25) is 0 Å². The molecule has 1 saturated heterocycles. The fourth-order valence-electron chi connectivity index (χ4n) is 2.69. The molecule has 3 heteroatoms. The number of rotatable bonds is 4. The van der Waals surface area contributed by atoms with Crippen LogP contribution in [0, 0.1) is 6.92 Å². The second-order valence-electron chi connectivity index (χ2n) is 6.09. The van der Waals surface area contributed by atoms with Crippen LogP contribution >= 0.6 is 0 Å². The highest BCUT2D eigenvalue weighted by molar-refractivity contribution is 5.78. The minimum Gasteiger partial charge on any atom is -0.484 e. The molecule has 1 aliphatic rings. The summed E-state index contributed by atoms with van der Waals surface area (Å²) < 4.78 is 5.65. The minimum absolute atomic E-state index is 0.0630. The summed E-state index contributed by atoms with van der Waals surface area (Å²) in [4.78, 5) is 14.0. The number of hydrogen-bond donors (Lipinski definition) is 0. The average molecular weight is 287 g/mol. The number of likely N-dealkylation sites (tertiary alicyclic amines) is 1. The van der Waals surface area contributed by atoms with Crippen molar-refractivity contribution >= 4 is 5.91 Å². The molecule has 0 spiro atoms. The molecule has 114 valence electrons. The third-order valence-corrected chi connectivity index (χ3v) is 4.05. The summed E-state index contributed by atoms with van der Waals surface area (Å²) >= 11 is 0. The largest absolute Gasteiger partial charge is 0.484 e. The molecule has 1 aromatic rings. The normalized spacial score (nSPS) is 15.4. The summed E-state index contributed by atoms with van der Waals surface area (Å²) in [6.45, 7) is 12.1. The first-order valence-electron chi connectivity index (χ1n) is 7.65. The van der Waals surface area contributed by atoms with Crippen LogP contribution in [0.5, 0.6) is 5.75 Å². The molecule has 0 bridgehead atoms. The van der Waals surface area contributed by atoms with Crippen molar-refractivity contribution in [3.63, 3.8) is 0 Å². The van der Waals surface area contributed by atoms with Crippen LogP contribution in [0.1, 0.15) is 43.7 Å². The van der Waals surface area contributed by atoms with Gasteiger partial charge in [0, 0.05) is 13.1 Å². The Morgan fingerprint density at radius 3 is 2.57 bits per heavy atom. The summed E-state index contributed by atoms with van der Waals surface area (Å²) in [5.41, 5.74) is 3.77. The zero-order valence-corrected chi connectivity index (χ0v) is 13.3. The molecule has 1 fully saturated rings. The average Bonchev–Trinajstić information content (AvgIpc) is 2.45. The van der Waals surface area contributed by atoms with Gasteiger partial charge < -0.3 is 9.64 Å². The Morgan fingerprint density at radius 1 is 1.33 bits per heavy atom. The van der Waals surface area contributed by atoms with Crippen LogP contribution in [0.3, 0.4) is 0 Å². The topological polar surface area (TPSA) is 29.5 Å². The smallest absolute Gasteiger partial charge is 0.260 e. The molecule has 1 aliphatic heterocycles. The first-order chi connectivity index (χ1) is 9.97. The molecular weight excluding hydrogens is 262 g/mol. The van der Waals surface area contributed by atoms with Crippen molar-refractivity contribution in [3.8, 4) is 5.75 Å². The molecule has 0 aliphatic carbocycles. The maximum Gasteiger partial charge on any atom is 0.260 e. The van der Waals surface area contributed by atoms with E-state index in [1.54, 1.807) is 0 Å². The summed E-state index contributed by atoms with van der Waals surface area (Å²) in [5.74, 6) is 1.34. The van der Waals surface area contributed by atoms with Gasteiger partial charge in [-0.2, -0.15) is 0 Å². The van der Waals surface area contributed by atoms with Gasteiger partial charge in [0.1, 0.15) is 5.75 Å². The Hall–Kier alpha value is -1.77. The van der Waals surface area contributed by atoms with Crippen molar-refractivity contribution in [2.75, 3.05) is 19.7 Å². The fraction of sp³-hybridized carbons (Fsp3) is 0.500. The lowest BCUT2D eigenvalue weighted by atomic mass is 9.98. The lowest BCUT2D eigenvalue weighted by Crippen LogP contribution is -2.39. The van der Waals surface area contributed by atoms with Gasteiger partial charge in [-0.25, -0.2) is 0 Å². The van der Waals surface area contributed by atoms with E-state index in [1.807, 2.05) is 17.0 Å². The number of benzene rings is 1. The number of carbonyl (C=O) groups is 1. The van der Waals surface area contributed by atoms with E-state index in [4.69, 9.17) is 4.74 Å². The molecule has 0 unspecified atom stereocenters. The van der Waals surface area contributed by atoms with Crippen molar-refractivity contribution in [2.45, 2.75) is 39.5 Å². The van der Waals surface area contributed by atoms with E-state index < -0.39 is 0 Å². The zero-order valence-electron chi connectivity index (χ0n) is 13.3. The molecule has 1 heterocycles. The van der Waals surface area contributed by atoms with Crippen molar-refractivity contribution in [1.29, 1.82) is 0 Å². The Labute approximate surface area is 127 Å². The molecule has 0 radical (unpaired) electrons. The summed E-state index contributed by atoms with van der Waals surface area (Å²) in [7, 11) is 0. The molecule has 3 nitrogen and oxygen atoms in total. The van der Waals surface area contributed by atoms with Gasteiger partial charge in [0.05, 0.1) is 0 Å². The van der Waals surface area contributed by atoms with Crippen molar-refractivity contribution < 1.29 is 9.53 Å². The molecular formula is C18H25NO2. The summed E-state index contributed by atoms with van der Waals surface area (Å²) in [5, 5.41) is 0. The van der Waals surface area contributed by atoms with E-state index >= 15 is 0 Å². The number of nitrogens with zero attached hydrogens (tertiary/aromatic N) is 1. The molecule has 0 saturated carbocycles. The molecule has 21 heavy (non-hydrogen) atoms. The van der Waals surface area contributed by atoms with Gasteiger partial charge in [0.25, 0.3) is 5.91 Å². The standard InChI is InChI=1S/C18H25NO2/c1-13(2)17-6-5-16(11-15(17)4)21-12-18(20)19-9-7-14(3)8-10-19/h5-6,11,13H,3,7-10,12H2,1-2,4H3. The Kier molecular flexibility index (Phi) is 5.05. The third-order valence-electron chi connectivity index (χ3n) is 4.05. The second kappa shape index (κ2) is 6.79. The third kappa shape index (κ3) is 4.10. The van der Waals surface area contributed by atoms with Crippen molar-refractivity contribution in [3.05, 3.63) is 41.5 Å². The highest BCUT2D eigenvalue weighted by Gasteiger charge is 2.18. The van der Waals surface area contributed by atoms with Crippen LogP contribution in [0.15, 0.2) is 30.4 Å². The molecule has 1 amide bonds. The first kappa shape index (κ1) is 15.6. The van der Waals surface area contributed by atoms with Crippen LogP contribution in [0.25, 0.3) is 0 Å². The Morgan fingerprint density at radius 2 is 2.00 bits per heavy atom. The number of piperidine rings is 1. The van der Waals surface area contributed by atoms with E-state index in [9.17, 15) is 4.79 Å². The van der Waals surface area contributed by atoms with Gasteiger partial charge in [0.2, 0.25) is 0 Å². The maximum absolute atomic E-state index is 12.1. The molecule has 1 aromatic carbocycles. The molecule has 0 atom stereocenters. The monoisotopic (exact) mass is 287 g/mol. The lowest BCUT2D eigenvalue weighted by Gasteiger charge is -2.28. The summed E-state index contributed by atoms with van der Waals surface area (Å²) in [6.07, 6.45) is 1.82. The molecule has 0 aromatic heterocycles. The predicted molar refractivity (Wildman–Crippen MR) is 85.7 cm³/mol. The van der Waals surface area contributed by atoms with E-state index in [1.165, 1.54) is 16.7 Å². The molecule has 2 rings (SSSR count). The molecule has 0 N–H and O–H groups in total. The predicted octanol–water partition coefficient (Wildman–Crippen LogP) is 3.68. The first-order valence-corrected chi connectivity index (χ1v) is 7.65. The van der Waals surface area contributed by atoms with E-state index in [0.29, 0.717) is 5.92 Å². The van der Waals surface area contributed by atoms with Crippen LogP contribution in [0.4, 0.5) is 0 Å². The maximum atomic E-state index is 12.1. The zero-order chi connectivity index (χ0) is 15.4. The quantitative estimate of drug-likeness (QED) is 0.791. The second-order valence-corrected chi connectivity index (χ2v) is 6.09. The lowest BCUT2D eigenvalue weighted by molar-refractivity contribution is -0.133. The van der Waals surface area contributed by atoms with Gasteiger partial charge in [-0.15, -0.1) is 0 Å². The van der Waals surface area contributed by atoms with Crippen molar-refractivity contribution in [1.82, 2.24) is 4.90 Å². The highest BCUT2D eigenvalue weighted by Crippen LogP contribution is 2.23. The highest BCUT2D eigenvalue weighted by atomic mass is 16.5. The van der Waals surface area contributed by atoms with Gasteiger partial charge in [-0.05, 0) is 48.9 Å². The van der Waals surface area contributed by atoms with Gasteiger partial charge >= 0.3 is 0 Å². The number of hydrogen-bond acceptors (Lipinski definition) is 2. The van der Waals surface area contributed by atoms with Gasteiger partial charge in [0.15, 0.2) is 6.61 Å². The van der Waals surface area contributed by atoms with Crippen LogP contribution in [-0.4, -0.2) is 30.5 Å².